The van der Waals surface area contributed by atoms with Gasteiger partial charge in [-0.15, -0.1) is 5.10 Å². The molecule has 0 aromatic carbocycles. The maximum Gasteiger partial charge on any atom is 0.204 e. The predicted molar refractivity (Wildman–Crippen MR) is 48.2 cm³/mol. The molecule has 5 nitrogen and oxygen atoms in total. The number of aromatic amines is 1. The van der Waals surface area contributed by atoms with Crippen LogP contribution < -0.4 is 0 Å². The first-order valence-electron chi connectivity index (χ1n) is 4.11. The number of aromatic nitrogens is 5. The topological polar surface area (TPSA) is 67.3 Å². The van der Waals surface area contributed by atoms with Crippen molar-refractivity contribution in [3.8, 4) is 0 Å². The smallest absolute Gasteiger partial charge is 0.204 e. The Morgan fingerprint density at radius 3 is 2.62 bits per heavy atom. The van der Waals surface area contributed by atoms with E-state index in [9.17, 15) is 0 Å². The summed E-state index contributed by atoms with van der Waals surface area (Å²) in [5, 5.41) is 10.5. The van der Waals surface area contributed by atoms with Gasteiger partial charge in [0.25, 0.3) is 0 Å². The largest absolute Gasteiger partial charge is 0.238 e. The summed E-state index contributed by atoms with van der Waals surface area (Å²) in [4.78, 5) is 8.22. The van der Waals surface area contributed by atoms with Crippen LogP contribution in [0.1, 0.15) is 26.5 Å². The minimum atomic E-state index is -0.0297. The summed E-state index contributed by atoms with van der Waals surface area (Å²) in [6.45, 7) is 6.26. The zero-order chi connectivity index (χ0) is 9.47. The fourth-order valence-corrected chi connectivity index (χ4v) is 1.23. The van der Waals surface area contributed by atoms with Crippen molar-refractivity contribution >= 4 is 11.2 Å². The van der Waals surface area contributed by atoms with Gasteiger partial charge in [0.05, 0.1) is 5.69 Å². The van der Waals surface area contributed by atoms with E-state index < -0.39 is 0 Å². The van der Waals surface area contributed by atoms with E-state index in [1.54, 1.807) is 0 Å². The van der Waals surface area contributed by atoms with E-state index in [1.165, 1.54) is 6.33 Å². The van der Waals surface area contributed by atoms with Gasteiger partial charge in [0.2, 0.25) is 5.65 Å². The van der Waals surface area contributed by atoms with Crippen molar-refractivity contribution in [2.24, 2.45) is 0 Å². The van der Waals surface area contributed by atoms with Gasteiger partial charge >= 0.3 is 0 Å². The Balaban J connectivity index is 2.75. The van der Waals surface area contributed by atoms with Crippen molar-refractivity contribution in [1.82, 2.24) is 25.4 Å². The molecule has 0 fully saturated rings. The molecule has 0 amide bonds. The standard InChI is InChI=1S/C8H11N5/c1-8(2,3)6-5-7(10-4-9-6)12-13-11-5/h4H,1-3H3,(H,9,10,11,12,13). The lowest BCUT2D eigenvalue weighted by molar-refractivity contribution is 0.572. The van der Waals surface area contributed by atoms with Gasteiger partial charge in [-0.2, -0.15) is 10.3 Å². The molecular formula is C8H11N5. The lowest BCUT2D eigenvalue weighted by Gasteiger charge is -2.16. The van der Waals surface area contributed by atoms with E-state index in [0.717, 1.165) is 11.2 Å². The number of rotatable bonds is 0. The van der Waals surface area contributed by atoms with Crippen LogP contribution >= 0.6 is 0 Å². The molecule has 68 valence electrons. The van der Waals surface area contributed by atoms with Gasteiger partial charge in [0.1, 0.15) is 6.33 Å². The molecule has 0 atom stereocenters. The molecule has 2 aromatic heterocycles. The number of hydrogen-bond acceptors (Lipinski definition) is 4. The molecule has 0 spiro atoms. The van der Waals surface area contributed by atoms with Gasteiger partial charge in [0, 0.05) is 5.41 Å². The molecular weight excluding hydrogens is 166 g/mol. The minimum Gasteiger partial charge on any atom is -0.238 e. The molecule has 0 radical (unpaired) electrons. The Bertz CT molecular complexity index is 425. The normalized spacial score (nSPS) is 12.2. The Morgan fingerprint density at radius 2 is 1.92 bits per heavy atom. The van der Waals surface area contributed by atoms with Crippen LogP contribution in [0.25, 0.3) is 11.2 Å². The molecule has 1 N–H and O–H groups in total. The summed E-state index contributed by atoms with van der Waals surface area (Å²) in [5.74, 6) is 0. The first-order chi connectivity index (χ1) is 6.09. The van der Waals surface area contributed by atoms with Crippen LogP contribution in [0.5, 0.6) is 0 Å². The quantitative estimate of drug-likeness (QED) is 0.653. The van der Waals surface area contributed by atoms with Gasteiger partial charge in [-0.3, -0.25) is 0 Å². The maximum atomic E-state index is 4.22. The molecule has 0 aliphatic carbocycles. The van der Waals surface area contributed by atoms with E-state index >= 15 is 0 Å². The zero-order valence-electron chi connectivity index (χ0n) is 7.87. The highest BCUT2D eigenvalue weighted by atomic mass is 15.3. The Hall–Kier alpha value is -1.52. The van der Waals surface area contributed by atoms with E-state index in [1.807, 2.05) is 0 Å². The summed E-state index contributed by atoms with van der Waals surface area (Å²) in [6, 6.07) is 0. The van der Waals surface area contributed by atoms with E-state index in [-0.39, 0.29) is 5.41 Å². The van der Waals surface area contributed by atoms with Gasteiger partial charge in [-0.1, -0.05) is 20.8 Å². The average Bonchev–Trinajstić information content (AvgIpc) is 2.48. The zero-order valence-corrected chi connectivity index (χ0v) is 7.87. The SMILES string of the molecule is CC(C)(C)c1ncnc2n[nH]nc12. The molecule has 2 aromatic rings. The van der Waals surface area contributed by atoms with Crippen molar-refractivity contribution in [3.05, 3.63) is 12.0 Å². The fourth-order valence-electron chi connectivity index (χ4n) is 1.23. The maximum absolute atomic E-state index is 4.22. The van der Waals surface area contributed by atoms with Crippen LogP contribution in [0.3, 0.4) is 0 Å². The number of H-pyrrole nitrogens is 1. The molecule has 0 unspecified atom stereocenters. The molecule has 0 saturated carbocycles. The average molecular weight is 177 g/mol. The van der Waals surface area contributed by atoms with Crippen LogP contribution in [-0.4, -0.2) is 25.4 Å². The van der Waals surface area contributed by atoms with E-state index in [2.05, 4.69) is 46.1 Å². The van der Waals surface area contributed by atoms with Crippen molar-refractivity contribution in [1.29, 1.82) is 0 Å². The Morgan fingerprint density at radius 1 is 1.15 bits per heavy atom. The molecule has 5 heteroatoms. The monoisotopic (exact) mass is 177 g/mol. The highest BCUT2D eigenvalue weighted by Gasteiger charge is 2.20. The lowest BCUT2D eigenvalue weighted by atomic mass is 9.91. The van der Waals surface area contributed by atoms with Crippen LogP contribution in [0.4, 0.5) is 0 Å². The number of hydrogen-bond donors (Lipinski definition) is 1. The van der Waals surface area contributed by atoms with Gasteiger partial charge < -0.3 is 0 Å². The summed E-state index contributed by atoms with van der Waals surface area (Å²) >= 11 is 0. The fraction of sp³-hybridized carbons (Fsp3) is 0.500. The minimum absolute atomic E-state index is 0.0297. The van der Waals surface area contributed by atoms with Crippen molar-refractivity contribution in [2.75, 3.05) is 0 Å². The first-order valence-corrected chi connectivity index (χ1v) is 4.11. The van der Waals surface area contributed by atoms with Gasteiger partial charge in [0.15, 0.2) is 5.52 Å². The molecule has 0 aliphatic heterocycles. The molecule has 13 heavy (non-hydrogen) atoms. The third kappa shape index (κ3) is 1.26. The number of fused-ring (bicyclic) bond motifs is 1. The third-order valence-corrected chi connectivity index (χ3v) is 1.83. The van der Waals surface area contributed by atoms with Crippen molar-refractivity contribution in [2.45, 2.75) is 26.2 Å². The number of nitrogens with zero attached hydrogens (tertiary/aromatic N) is 4. The summed E-state index contributed by atoms with van der Waals surface area (Å²) in [7, 11) is 0. The van der Waals surface area contributed by atoms with E-state index in [0.29, 0.717) is 5.65 Å². The predicted octanol–water partition coefficient (Wildman–Crippen LogP) is 1.05. The highest BCUT2D eigenvalue weighted by molar-refractivity contribution is 5.72. The molecule has 0 aliphatic rings. The van der Waals surface area contributed by atoms with Crippen LogP contribution in [0.15, 0.2) is 6.33 Å². The second-order valence-corrected chi connectivity index (χ2v) is 3.97. The van der Waals surface area contributed by atoms with Gasteiger partial charge in [-0.05, 0) is 0 Å². The first kappa shape index (κ1) is 8.10. The Labute approximate surface area is 75.6 Å². The number of nitrogens with one attached hydrogen (secondary N) is 1. The molecule has 2 heterocycles. The molecule has 2 rings (SSSR count). The Kier molecular flexibility index (Phi) is 1.55. The van der Waals surface area contributed by atoms with Crippen LogP contribution in [0.2, 0.25) is 0 Å². The summed E-state index contributed by atoms with van der Waals surface area (Å²) in [5.41, 5.74) is 2.28. The van der Waals surface area contributed by atoms with Crippen LogP contribution in [-0.2, 0) is 5.41 Å². The molecule has 0 saturated heterocycles. The summed E-state index contributed by atoms with van der Waals surface area (Å²) in [6.07, 6.45) is 1.52. The van der Waals surface area contributed by atoms with Crippen molar-refractivity contribution in [3.63, 3.8) is 0 Å². The highest BCUT2D eigenvalue weighted by Crippen LogP contribution is 2.23. The van der Waals surface area contributed by atoms with Crippen LogP contribution in [0, 0.1) is 0 Å². The second kappa shape index (κ2) is 2.48. The molecule has 0 bridgehead atoms. The lowest BCUT2D eigenvalue weighted by Crippen LogP contribution is -2.14. The van der Waals surface area contributed by atoms with E-state index in [4.69, 9.17) is 0 Å². The summed E-state index contributed by atoms with van der Waals surface area (Å²) < 4.78 is 0. The van der Waals surface area contributed by atoms with Crippen molar-refractivity contribution < 1.29 is 0 Å². The van der Waals surface area contributed by atoms with Gasteiger partial charge in [-0.25, -0.2) is 9.97 Å². The second-order valence-electron chi connectivity index (χ2n) is 3.97. The third-order valence-electron chi connectivity index (χ3n) is 1.83.